The highest BCUT2D eigenvalue weighted by atomic mass is 35.5. The highest BCUT2D eigenvalue weighted by molar-refractivity contribution is 6.30. The second-order valence-corrected chi connectivity index (χ2v) is 4.64. The van der Waals surface area contributed by atoms with Gasteiger partial charge in [0.25, 0.3) is 0 Å². The summed E-state index contributed by atoms with van der Waals surface area (Å²) in [6.45, 7) is 2.05. The average Bonchev–Trinajstić information content (AvgIpc) is 2.37. The fourth-order valence-corrected chi connectivity index (χ4v) is 2.07. The van der Waals surface area contributed by atoms with Crippen LogP contribution in [0.15, 0.2) is 18.2 Å². The van der Waals surface area contributed by atoms with E-state index in [1.54, 1.807) is 25.3 Å². The smallest absolute Gasteiger partial charge is 0.123 e. The molecule has 1 aromatic rings. The molecule has 4 heteroatoms. The summed E-state index contributed by atoms with van der Waals surface area (Å²) < 4.78 is 5.22. The van der Waals surface area contributed by atoms with Crippen molar-refractivity contribution >= 4 is 11.6 Å². The van der Waals surface area contributed by atoms with E-state index in [4.69, 9.17) is 16.3 Å². The standard InChI is InChI=1S/C14H18ClNO2/c1-3-4-5-13(17)12(9-16)11-8-10(15)6-7-14(11)18-2/h6-8,12-13,17H,3-5H2,1-2H3. The van der Waals surface area contributed by atoms with Crippen LogP contribution in [0.25, 0.3) is 0 Å². The van der Waals surface area contributed by atoms with E-state index in [-0.39, 0.29) is 0 Å². The molecule has 0 aliphatic heterocycles. The molecule has 0 spiro atoms. The molecule has 2 unspecified atom stereocenters. The molecule has 0 aliphatic rings. The largest absolute Gasteiger partial charge is 0.496 e. The molecule has 0 aromatic heterocycles. The molecule has 18 heavy (non-hydrogen) atoms. The van der Waals surface area contributed by atoms with E-state index in [9.17, 15) is 10.4 Å². The molecular formula is C14H18ClNO2. The van der Waals surface area contributed by atoms with E-state index in [1.165, 1.54) is 0 Å². The van der Waals surface area contributed by atoms with Crippen molar-refractivity contribution in [3.8, 4) is 11.8 Å². The van der Waals surface area contributed by atoms with Gasteiger partial charge in [-0.15, -0.1) is 0 Å². The quantitative estimate of drug-likeness (QED) is 0.858. The van der Waals surface area contributed by atoms with Crippen molar-refractivity contribution in [1.29, 1.82) is 5.26 Å². The minimum atomic E-state index is -0.692. The fourth-order valence-electron chi connectivity index (χ4n) is 1.89. The summed E-state index contributed by atoms with van der Waals surface area (Å²) in [5, 5.41) is 19.9. The molecule has 98 valence electrons. The monoisotopic (exact) mass is 267 g/mol. The summed E-state index contributed by atoms with van der Waals surface area (Å²) in [6, 6.07) is 7.25. The third-order valence-electron chi connectivity index (χ3n) is 2.90. The summed E-state index contributed by atoms with van der Waals surface area (Å²) in [6.07, 6.45) is 1.79. The van der Waals surface area contributed by atoms with Gasteiger partial charge in [-0.25, -0.2) is 0 Å². The van der Waals surface area contributed by atoms with Gasteiger partial charge in [0.05, 0.1) is 19.3 Å². The predicted octanol–water partition coefficient (Wildman–Crippen LogP) is 3.51. The first-order valence-corrected chi connectivity index (χ1v) is 6.43. The van der Waals surface area contributed by atoms with E-state index in [0.29, 0.717) is 22.8 Å². The predicted molar refractivity (Wildman–Crippen MR) is 71.9 cm³/mol. The van der Waals surface area contributed by atoms with Crippen molar-refractivity contribution in [3.05, 3.63) is 28.8 Å². The Morgan fingerprint density at radius 3 is 2.78 bits per heavy atom. The number of hydrogen-bond donors (Lipinski definition) is 1. The second-order valence-electron chi connectivity index (χ2n) is 4.20. The van der Waals surface area contributed by atoms with Gasteiger partial charge in [0.2, 0.25) is 0 Å². The molecular weight excluding hydrogens is 250 g/mol. The summed E-state index contributed by atoms with van der Waals surface area (Å²) in [4.78, 5) is 0. The van der Waals surface area contributed by atoms with Crippen molar-refractivity contribution in [2.24, 2.45) is 0 Å². The number of nitrogens with zero attached hydrogens (tertiary/aromatic N) is 1. The number of methoxy groups -OCH3 is 1. The molecule has 0 fully saturated rings. The molecule has 1 aromatic carbocycles. The van der Waals surface area contributed by atoms with E-state index in [1.807, 2.05) is 6.92 Å². The number of aliphatic hydroxyl groups excluding tert-OH is 1. The van der Waals surface area contributed by atoms with Crippen LogP contribution in [0.5, 0.6) is 5.75 Å². The Balaban J connectivity index is 3.01. The molecule has 2 atom stereocenters. The maximum absolute atomic E-state index is 10.1. The Bertz CT molecular complexity index is 428. The Kier molecular flexibility index (Phi) is 5.97. The van der Waals surface area contributed by atoms with Crippen LogP contribution in [0.1, 0.15) is 37.7 Å². The molecule has 1 rings (SSSR count). The lowest BCUT2D eigenvalue weighted by molar-refractivity contribution is 0.147. The van der Waals surface area contributed by atoms with Gasteiger partial charge in [0.15, 0.2) is 0 Å². The zero-order chi connectivity index (χ0) is 13.5. The number of benzene rings is 1. The van der Waals surface area contributed by atoms with Crippen LogP contribution in [0.3, 0.4) is 0 Å². The summed E-state index contributed by atoms with van der Waals surface area (Å²) in [7, 11) is 1.54. The van der Waals surface area contributed by atoms with Gasteiger partial charge in [-0.05, 0) is 24.6 Å². The van der Waals surface area contributed by atoms with E-state index >= 15 is 0 Å². The summed E-state index contributed by atoms with van der Waals surface area (Å²) in [5.74, 6) is -0.0216. The van der Waals surface area contributed by atoms with Gasteiger partial charge in [-0.1, -0.05) is 31.4 Å². The number of ether oxygens (including phenoxy) is 1. The molecule has 0 saturated heterocycles. The highest BCUT2D eigenvalue weighted by Gasteiger charge is 2.23. The van der Waals surface area contributed by atoms with Gasteiger partial charge in [0.1, 0.15) is 11.7 Å². The number of aliphatic hydroxyl groups is 1. The van der Waals surface area contributed by atoms with Crippen LogP contribution in [0, 0.1) is 11.3 Å². The fraction of sp³-hybridized carbons (Fsp3) is 0.500. The minimum Gasteiger partial charge on any atom is -0.496 e. The number of hydrogen-bond acceptors (Lipinski definition) is 3. The topological polar surface area (TPSA) is 53.2 Å². The van der Waals surface area contributed by atoms with Gasteiger partial charge < -0.3 is 9.84 Å². The van der Waals surface area contributed by atoms with Crippen LogP contribution in [0.4, 0.5) is 0 Å². The van der Waals surface area contributed by atoms with Crippen LogP contribution in [-0.4, -0.2) is 18.3 Å². The molecule has 0 bridgehead atoms. The lowest BCUT2D eigenvalue weighted by Gasteiger charge is -2.19. The van der Waals surface area contributed by atoms with E-state index < -0.39 is 12.0 Å². The number of nitriles is 1. The Morgan fingerprint density at radius 2 is 2.22 bits per heavy atom. The SMILES string of the molecule is CCCCC(O)C(C#N)c1cc(Cl)ccc1OC. The molecule has 0 radical (unpaired) electrons. The van der Waals surface area contributed by atoms with Crippen molar-refractivity contribution in [2.45, 2.75) is 38.2 Å². The lowest BCUT2D eigenvalue weighted by Crippen LogP contribution is -2.17. The lowest BCUT2D eigenvalue weighted by atomic mass is 9.91. The zero-order valence-electron chi connectivity index (χ0n) is 10.7. The maximum Gasteiger partial charge on any atom is 0.123 e. The normalized spacial score (nSPS) is 13.7. The maximum atomic E-state index is 10.1. The van der Waals surface area contributed by atoms with Crippen molar-refractivity contribution in [1.82, 2.24) is 0 Å². The first-order chi connectivity index (χ1) is 8.63. The molecule has 0 amide bonds. The molecule has 0 saturated carbocycles. The number of halogens is 1. The third-order valence-corrected chi connectivity index (χ3v) is 3.14. The van der Waals surface area contributed by atoms with Crippen molar-refractivity contribution in [3.63, 3.8) is 0 Å². The molecule has 0 heterocycles. The van der Waals surface area contributed by atoms with Crippen LogP contribution in [-0.2, 0) is 0 Å². The minimum absolute atomic E-state index is 0.536. The van der Waals surface area contributed by atoms with E-state index in [2.05, 4.69) is 6.07 Å². The number of rotatable bonds is 6. The van der Waals surface area contributed by atoms with Gasteiger partial charge >= 0.3 is 0 Å². The summed E-state index contributed by atoms with van der Waals surface area (Å²) >= 11 is 5.94. The number of unbranched alkanes of at least 4 members (excludes halogenated alkanes) is 1. The molecule has 3 nitrogen and oxygen atoms in total. The summed E-state index contributed by atoms with van der Waals surface area (Å²) in [5.41, 5.74) is 0.649. The first-order valence-electron chi connectivity index (χ1n) is 6.05. The second kappa shape index (κ2) is 7.25. The highest BCUT2D eigenvalue weighted by Crippen LogP contribution is 2.32. The zero-order valence-corrected chi connectivity index (χ0v) is 11.4. The van der Waals surface area contributed by atoms with Gasteiger partial charge in [0, 0.05) is 10.6 Å². The molecule has 0 aliphatic carbocycles. The van der Waals surface area contributed by atoms with Gasteiger partial charge in [-0.2, -0.15) is 5.26 Å². The van der Waals surface area contributed by atoms with Crippen LogP contribution in [0.2, 0.25) is 5.02 Å². The molecule has 1 N–H and O–H groups in total. The Labute approximate surface area is 113 Å². The Hall–Kier alpha value is -1.24. The van der Waals surface area contributed by atoms with Crippen molar-refractivity contribution < 1.29 is 9.84 Å². The Morgan fingerprint density at radius 1 is 1.50 bits per heavy atom. The first kappa shape index (κ1) is 14.8. The van der Waals surface area contributed by atoms with Gasteiger partial charge in [-0.3, -0.25) is 0 Å². The third kappa shape index (κ3) is 3.63. The average molecular weight is 268 g/mol. The van der Waals surface area contributed by atoms with E-state index in [0.717, 1.165) is 12.8 Å². The van der Waals surface area contributed by atoms with Crippen LogP contribution >= 0.6 is 11.6 Å². The van der Waals surface area contributed by atoms with Crippen LogP contribution < -0.4 is 4.74 Å². The van der Waals surface area contributed by atoms with Crippen molar-refractivity contribution in [2.75, 3.05) is 7.11 Å².